The van der Waals surface area contributed by atoms with Gasteiger partial charge in [-0.2, -0.15) is 0 Å². The maximum atomic E-state index is 6.63. The summed E-state index contributed by atoms with van der Waals surface area (Å²) in [6.45, 7) is 0. The summed E-state index contributed by atoms with van der Waals surface area (Å²) in [5.74, 6) is 1.38. The van der Waals surface area contributed by atoms with E-state index in [4.69, 9.17) is 14.4 Å². The molecule has 0 amide bonds. The van der Waals surface area contributed by atoms with Gasteiger partial charge in [0.2, 0.25) is 0 Å². The number of fused-ring (bicyclic) bond motifs is 10. The van der Waals surface area contributed by atoms with Crippen LogP contribution in [0.5, 0.6) is 0 Å². The first-order valence-corrected chi connectivity index (χ1v) is 15.1. The van der Waals surface area contributed by atoms with Crippen LogP contribution in [0.3, 0.4) is 0 Å². The molecule has 0 aliphatic carbocycles. The Labute approximate surface area is 257 Å². The fraction of sp³-hybridized carbons (Fsp3) is 0. The molecule has 4 heterocycles. The largest absolute Gasteiger partial charge is 0.450 e. The van der Waals surface area contributed by atoms with Gasteiger partial charge in [0.15, 0.2) is 17.2 Å². The van der Waals surface area contributed by atoms with Crippen LogP contribution in [0.2, 0.25) is 0 Å². The lowest BCUT2D eigenvalue weighted by atomic mass is 10.1. The second-order valence-corrected chi connectivity index (χ2v) is 11.4. The third-order valence-electron chi connectivity index (χ3n) is 8.93. The molecule has 210 valence electrons. The van der Waals surface area contributed by atoms with Gasteiger partial charge in [-0.25, -0.2) is 9.97 Å². The van der Waals surface area contributed by atoms with Gasteiger partial charge >= 0.3 is 0 Å². The number of aromatic nitrogens is 4. The minimum atomic E-state index is 0.659. The predicted octanol–water partition coefficient (Wildman–Crippen LogP) is 10.2. The Morgan fingerprint density at radius 2 is 1.00 bits per heavy atom. The van der Waals surface area contributed by atoms with Gasteiger partial charge < -0.3 is 8.98 Å². The Morgan fingerprint density at radius 1 is 0.444 bits per heavy atom. The maximum Gasteiger partial charge on any atom is 0.197 e. The molecular formula is C40H24N4O. The third kappa shape index (κ3) is 3.38. The summed E-state index contributed by atoms with van der Waals surface area (Å²) < 4.78 is 11.3. The molecule has 0 N–H and O–H groups in total. The molecule has 0 saturated heterocycles. The average Bonchev–Trinajstić information content (AvgIpc) is 3.76. The van der Waals surface area contributed by atoms with Crippen LogP contribution in [0.1, 0.15) is 0 Å². The summed E-state index contributed by atoms with van der Waals surface area (Å²) in [4.78, 5) is 10.4. The van der Waals surface area contributed by atoms with Crippen molar-refractivity contribution < 1.29 is 4.42 Å². The van der Waals surface area contributed by atoms with Gasteiger partial charge in [-0.05, 0) is 36.4 Å². The van der Waals surface area contributed by atoms with Crippen molar-refractivity contribution in [3.8, 4) is 22.9 Å². The summed E-state index contributed by atoms with van der Waals surface area (Å²) in [6.07, 6.45) is 0. The van der Waals surface area contributed by atoms with Crippen molar-refractivity contribution >= 4 is 65.7 Å². The van der Waals surface area contributed by atoms with E-state index in [2.05, 4.69) is 118 Å². The Kier molecular flexibility index (Phi) is 4.93. The fourth-order valence-electron chi connectivity index (χ4n) is 7.01. The van der Waals surface area contributed by atoms with Crippen LogP contribution in [-0.4, -0.2) is 19.1 Å². The predicted molar refractivity (Wildman–Crippen MR) is 183 cm³/mol. The van der Waals surface area contributed by atoms with Crippen molar-refractivity contribution in [3.63, 3.8) is 0 Å². The molecule has 10 rings (SSSR count). The zero-order chi connectivity index (χ0) is 29.5. The Hall–Kier alpha value is -6.20. The Morgan fingerprint density at radius 3 is 1.71 bits per heavy atom. The van der Waals surface area contributed by atoms with Crippen LogP contribution < -0.4 is 0 Å². The van der Waals surface area contributed by atoms with Crippen LogP contribution in [0.15, 0.2) is 150 Å². The molecule has 0 bridgehead atoms. The van der Waals surface area contributed by atoms with Crippen molar-refractivity contribution in [1.82, 2.24) is 19.1 Å². The third-order valence-corrected chi connectivity index (χ3v) is 8.93. The standard InChI is InChI=1S/C40H24N4O/c1-3-13-25(14-4-1)39-41-35-31-19-9-12-22-34(31)45-38(35)40(42-39)44-33-21-11-8-18-28(33)30-24-23-29-27-17-7-10-20-32(27)43(36(29)37(30)44)26-15-5-2-6-16-26/h1-24H. The van der Waals surface area contributed by atoms with Crippen molar-refractivity contribution in [2.24, 2.45) is 0 Å². The second kappa shape index (κ2) is 9.15. The van der Waals surface area contributed by atoms with Crippen LogP contribution >= 0.6 is 0 Å². The van der Waals surface area contributed by atoms with Crippen molar-refractivity contribution in [3.05, 3.63) is 146 Å². The summed E-state index contributed by atoms with van der Waals surface area (Å²) in [5.41, 5.74) is 8.73. The summed E-state index contributed by atoms with van der Waals surface area (Å²) in [5, 5.41) is 5.67. The van der Waals surface area contributed by atoms with Crippen LogP contribution in [-0.2, 0) is 0 Å². The van der Waals surface area contributed by atoms with Gasteiger partial charge in [0.05, 0.1) is 22.1 Å². The molecule has 0 spiro atoms. The molecule has 5 nitrogen and oxygen atoms in total. The van der Waals surface area contributed by atoms with E-state index in [1.165, 1.54) is 10.8 Å². The molecule has 0 atom stereocenters. The van der Waals surface area contributed by atoms with E-state index < -0.39 is 0 Å². The van der Waals surface area contributed by atoms with Gasteiger partial charge in [-0.1, -0.05) is 109 Å². The first kappa shape index (κ1) is 24.3. The van der Waals surface area contributed by atoms with E-state index in [9.17, 15) is 0 Å². The number of hydrogen-bond donors (Lipinski definition) is 0. The van der Waals surface area contributed by atoms with Gasteiger partial charge in [0.1, 0.15) is 11.1 Å². The number of furan rings is 1. The first-order valence-electron chi connectivity index (χ1n) is 15.1. The second-order valence-electron chi connectivity index (χ2n) is 11.4. The lowest BCUT2D eigenvalue weighted by molar-refractivity contribution is 0.662. The zero-order valence-electron chi connectivity index (χ0n) is 24.1. The van der Waals surface area contributed by atoms with Gasteiger partial charge in [0, 0.05) is 38.2 Å². The molecule has 45 heavy (non-hydrogen) atoms. The highest BCUT2D eigenvalue weighted by Gasteiger charge is 2.25. The molecule has 0 aliphatic heterocycles. The highest BCUT2D eigenvalue weighted by atomic mass is 16.3. The topological polar surface area (TPSA) is 48.8 Å². The van der Waals surface area contributed by atoms with Crippen molar-refractivity contribution in [2.75, 3.05) is 0 Å². The fourth-order valence-corrected chi connectivity index (χ4v) is 7.01. The molecule has 0 saturated carbocycles. The molecule has 0 unspecified atom stereocenters. The monoisotopic (exact) mass is 576 g/mol. The van der Waals surface area contributed by atoms with Crippen molar-refractivity contribution in [1.29, 1.82) is 0 Å². The molecule has 0 radical (unpaired) electrons. The van der Waals surface area contributed by atoms with Gasteiger partial charge in [-0.3, -0.25) is 4.57 Å². The molecule has 10 aromatic rings. The Bertz CT molecular complexity index is 2750. The number of nitrogens with zero attached hydrogens (tertiary/aromatic N) is 4. The maximum absolute atomic E-state index is 6.63. The minimum Gasteiger partial charge on any atom is -0.450 e. The molecule has 5 heteroatoms. The quantitative estimate of drug-likeness (QED) is 0.210. The molecule has 0 fully saturated rings. The van der Waals surface area contributed by atoms with Crippen molar-refractivity contribution in [2.45, 2.75) is 0 Å². The summed E-state index contributed by atoms with van der Waals surface area (Å²) in [6, 6.07) is 50.6. The molecular weight excluding hydrogens is 552 g/mol. The minimum absolute atomic E-state index is 0.659. The number of rotatable bonds is 3. The summed E-state index contributed by atoms with van der Waals surface area (Å²) >= 11 is 0. The van der Waals surface area contributed by atoms with Crippen LogP contribution in [0.4, 0.5) is 0 Å². The highest BCUT2D eigenvalue weighted by Crippen LogP contribution is 2.43. The number of para-hydroxylation sites is 4. The number of benzene rings is 6. The SMILES string of the molecule is c1ccc(-c2nc(-n3c4ccccc4c4ccc5c6ccccc6n(-c6ccccc6)c5c43)c3oc4ccccc4c3n2)cc1. The van der Waals surface area contributed by atoms with E-state index in [-0.39, 0.29) is 0 Å². The lowest BCUT2D eigenvalue weighted by Gasteiger charge is -2.13. The van der Waals surface area contributed by atoms with E-state index in [0.717, 1.165) is 66.4 Å². The molecule has 4 aromatic heterocycles. The van der Waals surface area contributed by atoms with Crippen LogP contribution in [0.25, 0.3) is 88.6 Å². The lowest BCUT2D eigenvalue weighted by Crippen LogP contribution is -2.03. The van der Waals surface area contributed by atoms with Gasteiger partial charge in [-0.15, -0.1) is 0 Å². The van der Waals surface area contributed by atoms with E-state index in [0.29, 0.717) is 11.4 Å². The summed E-state index contributed by atoms with van der Waals surface area (Å²) in [7, 11) is 0. The highest BCUT2D eigenvalue weighted by molar-refractivity contribution is 6.24. The normalized spacial score (nSPS) is 12.0. The van der Waals surface area contributed by atoms with Crippen LogP contribution in [0, 0.1) is 0 Å². The first-order chi connectivity index (χ1) is 22.3. The van der Waals surface area contributed by atoms with E-state index >= 15 is 0 Å². The van der Waals surface area contributed by atoms with Gasteiger partial charge in [0.25, 0.3) is 0 Å². The van der Waals surface area contributed by atoms with E-state index in [1.807, 2.05) is 36.4 Å². The zero-order valence-corrected chi connectivity index (χ0v) is 24.1. The molecule has 0 aliphatic rings. The number of hydrogen-bond acceptors (Lipinski definition) is 3. The van der Waals surface area contributed by atoms with E-state index in [1.54, 1.807) is 0 Å². The average molecular weight is 577 g/mol. The Balaban J connectivity index is 1.46. The smallest absolute Gasteiger partial charge is 0.197 e. The molecule has 6 aromatic carbocycles.